The summed E-state index contributed by atoms with van der Waals surface area (Å²) in [4.78, 5) is 38.2. The van der Waals surface area contributed by atoms with Gasteiger partial charge in [0, 0.05) is 25.3 Å². The van der Waals surface area contributed by atoms with Crippen molar-refractivity contribution >= 4 is 11.8 Å². The molecule has 0 radical (unpaired) electrons. The molecule has 1 spiro atoms. The number of aryl methyl sites for hydroxylation is 1. The first kappa shape index (κ1) is 14.6. The Hall–Kier alpha value is -1.98. The fourth-order valence-electron chi connectivity index (χ4n) is 4.05. The SMILES string of the molecule is Cc1cnc(C(=O)N2CCCC23CCCN(C2CC2)C3=O)cn1. The van der Waals surface area contributed by atoms with E-state index in [1.54, 1.807) is 11.1 Å². The van der Waals surface area contributed by atoms with E-state index in [0.717, 1.165) is 50.8 Å². The Labute approximate surface area is 135 Å². The lowest BCUT2D eigenvalue weighted by Gasteiger charge is -2.44. The maximum absolute atomic E-state index is 13.1. The Bertz CT molecular complexity index is 640. The Morgan fingerprint density at radius 3 is 2.57 bits per heavy atom. The molecular formula is C17H22N4O2. The molecule has 2 amide bonds. The highest BCUT2D eigenvalue weighted by atomic mass is 16.2. The number of hydrogen-bond donors (Lipinski definition) is 0. The van der Waals surface area contributed by atoms with Gasteiger partial charge in [0.1, 0.15) is 11.2 Å². The molecule has 1 atom stereocenters. The summed E-state index contributed by atoms with van der Waals surface area (Å²) in [5.74, 6) is 0.0122. The second kappa shape index (κ2) is 5.28. The molecule has 3 aliphatic rings. The molecule has 6 nitrogen and oxygen atoms in total. The second-order valence-corrected chi connectivity index (χ2v) is 6.97. The molecule has 1 unspecified atom stereocenters. The van der Waals surface area contributed by atoms with Crippen molar-refractivity contribution in [3.8, 4) is 0 Å². The van der Waals surface area contributed by atoms with E-state index in [4.69, 9.17) is 0 Å². The van der Waals surface area contributed by atoms with Crippen LogP contribution in [0.4, 0.5) is 0 Å². The number of likely N-dealkylation sites (tertiary alicyclic amines) is 2. The molecule has 1 aromatic heterocycles. The molecular weight excluding hydrogens is 292 g/mol. The van der Waals surface area contributed by atoms with Crippen LogP contribution in [0, 0.1) is 6.92 Å². The standard InChI is InChI=1S/C17H22N4O2/c1-12-10-19-14(11-18-12)15(22)21-9-3-7-17(21)6-2-8-20(16(17)23)13-4-5-13/h10-11,13H,2-9H2,1H3. The molecule has 0 aromatic carbocycles. The van der Waals surface area contributed by atoms with Gasteiger partial charge in [0.15, 0.2) is 0 Å². The first-order chi connectivity index (χ1) is 11.1. The fourth-order valence-corrected chi connectivity index (χ4v) is 4.05. The molecule has 2 saturated heterocycles. The van der Waals surface area contributed by atoms with Gasteiger partial charge >= 0.3 is 0 Å². The summed E-state index contributed by atoms with van der Waals surface area (Å²) < 4.78 is 0. The van der Waals surface area contributed by atoms with Crippen molar-refractivity contribution < 1.29 is 9.59 Å². The van der Waals surface area contributed by atoms with Crippen molar-refractivity contribution in [1.82, 2.24) is 19.8 Å². The van der Waals surface area contributed by atoms with Crippen LogP contribution in [0.3, 0.4) is 0 Å². The lowest BCUT2D eigenvalue weighted by atomic mass is 9.85. The van der Waals surface area contributed by atoms with E-state index in [2.05, 4.69) is 9.97 Å². The molecule has 2 aliphatic heterocycles. The van der Waals surface area contributed by atoms with Crippen molar-refractivity contribution in [1.29, 1.82) is 0 Å². The third kappa shape index (κ3) is 2.31. The van der Waals surface area contributed by atoms with Gasteiger partial charge in [0.2, 0.25) is 5.91 Å². The maximum atomic E-state index is 13.1. The highest BCUT2D eigenvalue weighted by Crippen LogP contribution is 2.42. The Balaban J connectivity index is 1.63. The maximum Gasteiger partial charge on any atom is 0.274 e. The van der Waals surface area contributed by atoms with E-state index in [1.807, 2.05) is 11.8 Å². The van der Waals surface area contributed by atoms with Gasteiger partial charge in [-0.05, 0) is 45.4 Å². The Kier molecular flexibility index (Phi) is 3.36. The largest absolute Gasteiger partial charge is 0.338 e. The topological polar surface area (TPSA) is 66.4 Å². The van der Waals surface area contributed by atoms with Gasteiger partial charge in [-0.3, -0.25) is 14.6 Å². The summed E-state index contributed by atoms with van der Waals surface area (Å²) in [5.41, 5.74) is 0.490. The molecule has 23 heavy (non-hydrogen) atoms. The van der Waals surface area contributed by atoms with Crippen LogP contribution in [0.5, 0.6) is 0 Å². The average molecular weight is 314 g/mol. The average Bonchev–Trinajstić information content (AvgIpc) is 3.31. The monoisotopic (exact) mass is 314 g/mol. The summed E-state index contributed by atoms with van der Waals surface area (Å²) in [6, 6.07) is 0.413. The van der Waals surface area contributed by atoms with Crippen molar-refractivity contribution in [2.75, 3.05) is 13.1 Å². The molecule has 1 aromatic rings. The van der Waals surface area contributed by atoms with E-state index in [9.17, 15) is 9.59 Å². The molecule has 0 N–H and O–H groups in total. The minimum absolute atomic E-state index is 0.152. The van der Waals surface area contributed by atoms with Crippen LogP contribution in [0.1, 0.15) is 54.7 Å². The lowest BCUT2D eigenvalue weighted by molar-refractivity contribution is -0.146. The summed E-state index contributed by atoms with van der Waals surface area (Å²) in [6.07, 6.45) is 8.77. The summed E-state index contributed by atoms with van der Waals surface area (Å²) >= 11 is 0. The number of nitrogens with zero attached hydrogens (tertiary/aromatic N) is 4. The smallest absolute Gasteiger partial charge is 0.274 e. The zero-order valence-electron chi connectivity index (χ0n) is 13.5. The van der Waals surface area contributed by atoms with Gasteiger partial charge in [-0.2, -0.15) is 0 Å². The van der Waals surface area contributed by atoms with Gasteiger partial charge < -0.3 is 9.80 Å². The molecule has 6 heteroatoms. The van der Waals surface area contributed by atoms with Gasteiger partial charge in [-0.1, -0.05) is 0 Å². The number of piperidine rings is 1. The predicted molar refractivity (Wildman–Crippen MR) is 83.7 cm³/mol. The van der Waals surface area contributed by atoms with Crippen LogP contribution in [-0.4, -0.2) is 56.3 Å². The first-order valence-corrected chi connectivity index (χ1v) is 8.53. The van der Waals surface area contributed by atoms with Gasteiger partial charge in [0.05, 0.1) is 11.9 Å². The number of aromatic nitrogens is 2. The molecule has 122 valence electrons. The molecule has 1 aliphatic carbocycles. The van der Waals surface area contributed by atoms with Crippen LogP contribution in [0.15, 0.2) is 12.4 Å². The summed E-state index contributed by atoms with van der Waals surface area (Å²) in [6.45, 7) is 3.33. The number of rotatable bonds is 2. The molecule has 1 saturated carbocycles. The van der Waals surface area contributed by atoms with Crippen molar-refractivity contribution in [3.05, 3.63) is 23.8 Å². The predicted octanol–water partition coefficient (Wildman–Crippen LogP) is 1.54. The number of hydrogen-bond acceptors (Lipinski definition) is 4. The van der Waals surface area contributed by atoms with E-state index >= 15 is 0 Å². The molecule has 3 heterocycles. The normalized spacial score (nSPS) is 27.8. The van der Waals surface area contributed by atoms with E-state index in [1.165, 1.54) is 6.20 Å². The van der Waals surface area contributed by atoms with Gasteiger partial charge in [-0.15, -0.1) is 0 Å². The van der Waals surface area contributed by atoms with Crippen molar-refractivity contribution in [3.63, 3.8) is 0 Å². The van der Waals surface area contributed by atoms with Crippen molar-refractivity contribution in [2.45, 2.75) is 57.0 Å². The van der Waals surface area contributed by atoms with Crippen LogP contribution < -0.4 is 0 Å². The lowest BCUT2D eigenvalue weighted by Crippen LogP contribution is -2.61. The quantitative estimate of drug-likeness (QED) is 0.830. The van der Waals surface area contributed by atoms with Gasteiger partial charge in [-0.25, -0.2) is 4.98 Å². The Morgan fingerprint density at radius 1 is 1.17 bits per heavy atom. The highest BCUT2D eigenvalue weighted by Gasteiger charge is 2.54. The van der Waals surface area contributed by atoms with Gasteiger partial charge in [0.25, 0.3) is 5.91 Å². The van der Waals surface area contributed by atoms with Crippen LogP contribution in [-0.2, 0) is 4.79 Å². The third-order valence-electron chi connectivity index (χ3n) is 5.37. The van der Waals surface area contributed by atoms with E-state index in [0.29, 0.717) is 18.3 Å². The number of carbonyl (C=O) groups excluding carboxylic acids is 2. The molecule has 0 bridgehead atoms. The van der Waals surface area contributed by atoms with Crippen LogP contribution in [0.2, 0.25) is 0 Å². The van der Waals surface area contributed by atoms with Crippen molar-refractivity contribution in [2.24, 2.45) is 0 Å². The fraction of sp³-hybridized carbons (Fsp3) is 0.647. The van der Waals surface area contributed by atoms with E-state index < -0.39 is 5.54 Å². The minimum Gasteiger partial charge on any atom is -0.338 e. The zero-order chi connectivity index (χ0) is 16.0. The zero-order valence-corrected chi connectivity index (χ0v) is 13.5. The Morgan fingerprint density at radius 2 is 1.91 bits per heavy atom. The minimum atomic E-state index is -0.634. The van der Waals surface area contributed by atoms with Crippen LogP contribution in [0.25, 0.3) is 0 Å². The summed E-state index contributed by atoms with van der Waals surface area (Å²) in [7, 11) is 0. The first-order valence-electron chi connectivity index (χ1n) is 8.53. The molecule has 3 fully saturated rings. The third-order valence-corrected chi connectivity index (χ3v) is 5.37. The molecule has 4 rings (SSSR count). The van der Waals surface area contributed by atoms with E-state index in [-0.39, 0.29) is 11.8 Å². The second-order valence-electron chi connectivity index (χ2n) is 6.97. The number of amides is 2. The summed E-state index contributed by atoms with van der Waals surface area (Å²) in [5, 5.41) is 0. The highest BCUT2D eigenvalue weighted by molar-refractivity contribution is 5.98. The van der Waals surface area contributed by atoms with Crippen LogP contribution >= 0.6 is 0 Å². The number of carbonyl (C=O) groups is 2.